The third-order valence-corrected chi connectivity index (χ3v) is 4.20. The van der Waals surface area contributed by atoms with Crippen molar-refractivity contribution in [3.8, 4) is 11.5 Å². The Labute approximate surface area is 159 Å². The number of unbranched alkanes of at least 4 members (excludes halogenated alkanes) is 3. The molecule has 0 saturated heterocycles. The van der Waals surface area contributed by atoms with E-state index in [4.69, 9.17) is 14.6 Å². The van der Waals surface area contributed by atoms with Gasteiger partial charge < -0.3 is 14.6 Å². The van der Waals surface area contributed by atoms with Crippen LogP contribution in [-0.2, 0) is 0 Å². The summed E-state index contributed by atoms with van der Waals surface area (Å²) < 4.78 is 11.1. The summed E-state index contributed by atoms with van der Waals surface area (Å²) in [5.41, 5.74) is 0.542. The molecule has 0 fully saturated rings. The number of carboxylic acids is 1. The Morgan fingerprint density at radius 3 is 2.07 bits per heavy atom. The van der Waals surface area contributed by atoms with Crippen LogP contribution in [0.3, 0.4) is 0 Å². The van der Waals surface area contributed by atoms with E-state index in [1.165, 1.54) is 43.5 Å². The quantitative estimate of drug-likeness (QED) is 0.347. The van der Waals surface area contributed by atoms with Gasteiger partial charge in [0.15, 0.2) is 0 Å². The zero-order valence-corrected chi connectivity index (χ0v) is 15.8. The van der Waals surface area contributed by atoms with E-state index in [0.29, 0.717) is 11.3 Å². The minimum atomic E-state index is -1.02. The van der Waals surface area contributed by atoms with Crippen LogP contribution in [0.25, 0.3) is 0 Å². The smallest absolute Gasteiger partial charge is 0.343 e. The molecular weight excluding hydrogens is 344 g/mol. The lowest BCUT2D eigenvalue weighted by Crippen LogP contribution is -2.12. The molecular formula is C22H26O5. The highest BCUT2D eigenvalue weighted by atomic mass is 16.5. The van der Waals surface area contributed by atoms with E-state index >= 15 is 0 Å². The van der Waals surface area contributed by atoms with Gasteiger partial charge in [-0.2, -0.15) is 0 Å². The Hall–Kier alpha value is -2.82. The second-order valence-electron chi connectivity index (χ2n) is 6.52. The van der Waals surface area contributed by atoms with Gasteiger partial charge in [-0.3, -0.25) is 0 Å². The largest absolute Gasteiger partial charge is 0.491 e. The summed E-state index contributed by atoms with van der Waals surface area (Å²) >= 11 is 0. The first-order chi connectivity index (χ1) is 13.0. The molecule has 2 aromatic carbocycles. The fraction of sp³-hybridized carbons (Fsp3) is 0.364. The highest BCUT2D eigenvalue weighted by Crippen LogP contribution is 2.19. The third-order valence-electron chi connectivity index (χ3n) is 4.20. The standard InChI is InChI=1S/C22H26O5/c1-3-4-5-6-7-16(2)26-19-14-10-18(11-15-19)22(25)27-20-12-8-17(9-13-20)21(23)24/h8-16H,3-7H2,1-2H3,(H,23,24)/t16-/m1/s1. The molecule has 0 radical (unpaired) electrons. The van der Waals surface area contributed by atoms with Gasteiger partial charge >= 0.3 is 11.9 Å². The van der Waals surface area contributed by atoms with Gasteiger partial charge in [-0.05, 0) is 68.3 Å². The van der Waals surface area contributed by atoms with Crippen molar-refractivity contribution in [3.63, 3.8) is 0 Å². The summed E-state index contributed by atoms with van der Waals surface area (Å²) in [6.07, 6.45) is 5.99. The van der Waals surface area contributed by atoms with Gasteiger partial charge in [0.05, 0.1) is 17.2 Å². The number of esters is 1. The molecule has 0 heterocycles. The van der Waals surface area contributed by atoms with Gasteiger partial charge in [-0.1, -0.05) is 26.2 Å². The van der Waals surface area contributed by atoms with Crippen molar-refractivity contribution < 1.29 is 24.2 Å². The summed E-state index contributed by atoms with van der Waals surface area (Å²) in [6, 6.07) is 12.5. The Balaban J connectivity index is 1.86. The lowest BCUT2D eigenvalue weighted by atomic mass is 10.1. The molecule has 0 amide bonds. The SMILES string of the molecule is CCCCCC[C@@H](C)Oc1ccc(C(=O)Oc2ccc(C(=O)O)cc2)cc1. The van der Waals surface area contributed by atoms with Crippen LogP contribution in [0.15, 0.2) is 48.5 Å². The molecule has 2 rings (SSSR count). The van der Waals surface area contributed by atoms with Crippen LogP contribution in [0.1, 0.15) is 66.7 Å². The highest BCUT2D eigenvalue weighted by Gasteiger charge is 2.11. The van der Waals surface area contributed by atoms with E-state index in [1.807, 2.05) is 0 Å². The van der Waals surface area contributed by atoms with Crippen LogP contribution in [0, 0.1) is 0 Å². The molecule has 5 nitrogen and oxygen atoms in total. The molecule has 1 atom stereocenters. The molecule has 144 valence electrons. The zero-order chi connectivity index (χ0) is 19.6. The number of aromatic carboxylic acids is 1. The summed E-state index contributed by atoms with van der Waals surface area (Å²) in [6.45, 7) is 4.24. The maximum absolute atomic E-state index is 12.2. The topological polar surface area (TPSA) is 72.8 Å². The van der Waals surface area contributed by atoms with E-state index < -0.39 is 11.9 Å². The predicted octanol–water partition coefficient (Wildman–Crippen LogP) is 5.34. The van der Waals surface area contributed by atoms with Gasteiger partial charge in [0.1, 0.15) is 11.5 Å². The number of benzene rings is 2. The summed E-state index contributed by atoms with van der Waals surface area (Å²) in [7, 11) is 0. The lowest BCUT2D eigenvalue weighted by Gasteiger charge is -2.14. The first kappa shape index (κ1) is 20.5. The van der Waals surface area contributed by atoms with Crippen molar-refractivity contribution in [2.75, 3.05) is 0 Å². The van der Waals surface area contributed by atoms with Crippen LogP contribution >= 0.6 is 0 Å². The number of carboxylic acid groups (broad SMARTS) is 1. The van der Waals surface area contributed by atoms with Gasteiger partial charge in [0.2, 0.25) is 0 Å². The second kappa shape index (κ2) is 10.4. The van der Waals surface area contributed by atoms with E-state index in [1.54, 1.807) is 24.3 Å². The van der Waals surface area contributed by atoms with E-state index in [0.717, 1.165) is 18.6 Å². The molecule has 5 heteroatoms. The van der Waals surface area contributed by atoms with Crippen molar-refractivity contribution in [1.82, 2.24) is 0 Å². The van der Waals surface area contributed by atoms with E-state index in [9.17, 15) is 9.59 Å². The monoisotopic (exact) mass is 370 g/mol. The van der Waals surface area contributed by atoms with Crippen molar-refractivity contribution in [2.45, 2.75) is 52.1 Å². The minimum absolute atomic E-state index is 0.132. The van der Waals surface area contributed by atoms with Gasteiger partial charge in [0.25, 0.3) is 0 Å². The van der Waals surface area contributed by atoms with Crippen molar-refractivity contribution >= 4 is 11.9 Å². The number of carbonyl (C=O) groups is 2. The number of ether oxygens (including phenoxy) is 2. The van der Waals surface area contributed by atoms with E-state index in [-0.39, 0.29) is 11.7 Å². The van der Waals surface area contributed by atoms with Crippen LogP contribution in [0.4, 0.5) is 0 Å². The second-order valence-corrected chi connectivity index (χ2v) is 6.52. The lowest BCUT2D eigenvalue weighted by molar-refractivity contribution is 0.0696. The minimum Gasteiger partial charge on any atom is -0.491 e. The van der Waals surface area contributed by atoms with Gasteiger partial charge in [0, 0.05) is 0 Å². The Kier molecular flexibility index (Phi) is 7.86. The van der Waals surface area contributed by atoms with Gasteiger partial charge in [-0.15, -0.1) is 0 Å². The first-order valence-electron chi connectivity index (χ1n) is 9.32. The van der Waals surface area contributed by atoms with Crippen molar-refractivity contribution in [2.24, 2.45) is 0 Å². The molecule has 0 aliphatic rings. The highest BCUT2D eigenvalue weighted by molar-refractivity contribution is 5.91. The van der Waals surface area contributed by atoms with Crippen LogP contribution in [0.2, 0.25) is 0 Å². The average Bonchev–Trinajstić information content (AvgIpc) is 2.66. The molecule has 0 unspecified atom stereocenters. The third kappa shape index (κ3) is 6.77. The molecule has 0 aliphatic carbocycles. The molecule has 1 N–H and O–H groups in total. The summed E-state index contributed by atoms with van der Waals surface area (Å²) in [4.78, 5) is 23.0. The number of rotatable bonds is 10. The molecule has 0 spiro atoms. The molecule has 0 aromatic heterocycles. The fourth-order valence-electron chi connectivity index (χ4n) is 2.65. The number of hydrogen-bond donors (Lipinski definition) is 1. The normalized spacial score (nSPS) is 11.6. The number of carbonyl (C=O) groups excluding carboxylic acids is 1. The van der Waals surface area contributed by atoms with E-state index in [2.05, 4.69) is 13.8 Å². The predicted molar refractivity (Wildman–Crippen MR) is 104 cm³/mol. The zero-order valence-electron chi connectivity index (χ0n) is 15.8. The Morgan fingerprint density at radius 1 is 0.889 bits per heavy atom. The summed E-state index contributed by atoms with van der Waals surface area (Å²) in [5.74, 6) is -0.508. The molecule has 0 saturated carbocycles. The van der Waals surface area contributed by atoms with Crippen LogP contribution in [-0.4, -0.2) is 23.1 Å². The Morgan fingerprint density at radius 2 is 1.48 bits per heavy atom. The van der Waals surface area contributed by atoms with Crippen LogP contribution < -0.4 is 9.47 Å². The van der Waals surface area contributed by atoms with Crippen molar-refractivity contribution in [3.05, 3.63) is 59.7 Å². The first-order valence-corrected chi connectivity index (χ1v) is 9.32. The fourth-order valence-corrected chi connectivity index (χ4v) is 2.65. The number of hydrogen-bond acceptors (Lipinski definition) is 4. The maximum atomic E-state index is 12.2. The molecule has 2 aromatic rings. The maximum Gasteiger partial charge on any atom is 0.343 e. The Bertz CT molecular complexity index is 734. The average molecular weight is 370 g/mol. The molecule has 0 aliphatic heterocycles. The summed E-state index contributed by atoms with van der Waals surface area (Å²) in [5, 5.41) is 8.88. The van der Waals surface area contributed by atoms with Gasteiger partial charge in [-0.25, -0.2) is 9.59 Å². The van der Waals surface area contributed by atoms with Crippen molar-refractivity contribution in [1.29, 1.82) is 0 Å². The molecule has 27 heavy (non-hydrogen) atoms. The molecule has 0 bridgehead atoms. The van der Waals surface area contributed by atoms with Crippen LogP contribution in [0.5, 0.6) is 11.5 Å².